The first-order valence-corrected chi connectivity index (χ1v) is 10.7. The van der Waals surface area contributed by atoms with Crippen LogP contribution in [0.1, 0.15) is 10.4 Å². The number of carbonyl (C=O) groups excluding carboxylic acids is 2. The number of benzene rings is 2. The molecular formula is C19H23N3O5S2. The van der Waals surface area contributed by atoms with E-state index in [-0.39, 0.29) is 21.4 Å². The second kappa shape index (κ2) is 9.29. The third-order valence-corrected chi connectivity index (χ3v) is 6.83. The van der Waals surface area contributed by atoms with Crippen molar-refractivity contribution in [1.82, 2.24) is 9.21 Å². The van der Waals surface area contributed by atoms with Gasteiger partial charge in [0, 0.05) is 38.6 Å². The fourth-order valence-electron chi connectivity index (χ4n) is 2.25. The Balaban J connectivity index is 2.37. The van der Waals surface area contributed by atoms with Gasteiger partial charge in [0.1, 0.15) is 10.6 Å². The first kappa shape index (κ1) is 22.7. The van der Waals surface area contributed by atoms with Crippen molar-refractivity contribution < 1.29 is 22.7 Å². The van der Waals surface area contributed by atoms with Crippen molar-refractivity contribution in [1.29, 1.82) is 0 Å². The summed E-state index contributed by atoms with van der Waals surface area (Å²) in [5.41, 5.74) is 0.593. The number of methoxy groups -OCH3 is 1. The molecule has 0 atom stereocenters. The van der Waals surface area contributed by atoms with E-state index >= 15 is 0 Å². The van der Waals surface area contributed by atoms with Crippen LogP contribution in [0.3, 0.4) is 0 Å². The van der Waals surface area contributed by atoms with Gasteiger partial charge < -0.3 is 15.0 Å². The molecule has 0 saturated heterocycles. The standard InChI is InChI=1S/C19H23N3O5S2/c1-21(2)19(24)28-16-9-7-6-8-14(16)20-18(23)13-10-11-15(27-5)17(12-13)29(25,26)22(3)4/h6-12H,1-5H3,(H,20,23). The first-order valence-electron chi connectivity index (χ1n) is 8.48. The Bertz CT molecular complexity index is 1020. The highest BCUT2D eigenvalue weighted by atomic mass is 32.2. The van der Waals surface area contributed by atoms with E-state index in [4.69, 9.17) is 4.74 Å². The maximum atomic E-state index is 12.8. The van der Waals surface area contributed by atoms with E-state index in [1.807, 2.05) is 0 Å². The minimum absolute atomic E-state index is 0.108. The lowest BCUT2D eigenvalue weighted by atomic mass is 10.2. The van der Waals surface area contributed by atoms with Crippen LogP contribution in [0.4, 0.5) is 10.5 Å². The van der Waals surface area contributed by atoms with Gasteiger partial charge in [-0.1, -0.05) is 12.1 Å². The highest BCUT2D eigenvalue weighted by Gasteiger charge is 2.24. The lowest BCUT2D eigenvalue weighted by Crippen LogP contribution is -2.23. The number of rotatable bonds is 6. The summed E-state index contributed by atoms with van der Waals surface area (Å²) >= 11 is 0.983. The molecule has 0 bridgehead atoms. The molecule has 0 unspecified atom stereocenters. The summed E-state index contributed by atoms with van der Waals surface area (Å²) in [7, 11) is 3.63. The van der Waals surface area contributed by atoms with Crippen molar-refractivity contribution in [2.75, 3.05) is 40.6 Å². The van der Waals surface area contributed by atoms with Crippen LogP contribution in [0.15, 0.2) is 52.3 Å². The number of sulfonamides is 1. The molecule has 2 aromatic carbocycles. The maximum Gasteiger partial charge on any atom is 0.286 e. The summed E-state index contributed by atoms with van der Waals surface area (Å²) < 4.78 is 31.3. The van der Waals surface area contributed by atoms with Gasteiger partial charge in [-0.2, -0.15) is 0 Å². The average Bonchev–Trinajstić information content (AvgIpc) is 2.68. The third-order valence-electron chi connectivity index (χ3n) is 3.88. The molecule has 0 aliphatic rings. The highest BCUT2D eigenvalue weighted by molar-refractivity contribution is 8.13. The Labute approximate surface area is 174 Å². The number of thioether (sulfide) groups is 1. The Morgan fingerprint density at radius 3 is 2.28 bits per heavy atom. The van der Waals surface area contributed by atoms with Crippen LogP contribution in [0.25, 0.3) is 0 Å². The molecule has 0 spiro atoms. The fourth-order valence-corrected chi connectivity index (χ4v) is 4.08. The molecule has 156 valence electrons. The Hall–Kier alpha value is -2.56. The largest absolute Gasteiger partial charge is 0.495 e. The van der Waals surface area contributed by atoms with Gasteiger partial charge in [-0.15, -0.1) is 0 Å². The van der Waals surface area contributed by atoms with Crippen molar-refractivity contribution in [3.05, 3.63) is 48.0 Å². The average molecular weight is 438 g/mol. The SMILES string of the molecule is COc1ccc(C(=O)Nc2ccccc2SC(=O)N(C)C)cc1S(=O)(=O)N(C)C. The van der Waals surface area contributed by atoms with Gasteiger partial charge in [-0.25, -0.2) is 12.7 Å². The molecule has 0 heterocycles. The predicted molar refractivity (Wildman–Crippen MR) is 113 cm³/mol. The second-order valence-electron chi connectivity index (χ2n) is 6.37. The molecule has 2 aromatic rings. The van der Waals surface area contributed by atoms with E-state index in [0.29, 0.717) is 10.6 Å². The van der Waals surface area contributed by atoms with Crippen LogP contribution in [-0.2, 0) is 10.0 Å². The predicted octanol–water partition coefficient (Wildman–Crippen LogP) is 2.97. The molecule has 29 heavy (non-hydrogen) atoms. The first-order chi connectivity index (χ1) is 13.6. The molecular weight excluding hydrogens is 414 g/mol. The van der Waals surface area contributed by atoms with Gasteiger partial charge in [-0.3, -0.25) is 9.59 Å². The maximum absolute atomic E-state index is 12.8. The molecule has 0 fully saturated rings. The minimum atomic E-state index is -3.81. The summed E-state index contributed by atoms with van der Waals surface area (Å²) in [5.74, 6) is -0.365. The molecule has 0 radical (unpaired) electrons. The normalized spacial score (nSPS) is 11.2. The molecule has 1 N–H and O–H groups in total. The highest BCUT2D eigenvalue weighted by Crippen LogP contribution is 2.30. The van der Waals surface area contributed by atoms with Crippen LogP contribution in [0.5, 0.6) is 5.75 Å². The number of nitrogens with zero attached hydrogens (tertiary/aromatic N) is 2. The summed E-state index contributed by atoms with van der Waals surface area (Å²) in [6.45, 7) is 0. The van der Waals surface area contributed by atoms with Gasteiger partial charge >= 0.3 is 0 Å². The lowest BCUT2D eigenvalue weighted by molar-refractivity contribution is 0.102. The molecule has 10 heteroatoms. The van der Waals surface area contributed by atoms with E-state index in [9.17, 15) is 18.0 Å². The number of nitrogens with one attached hydrogen (secondary N) is 1. The topological polar surface area (TPSA) is 96.0 Å². The fraction of sp³-hybridized carbons (Fsp3) is 0.263. The summed E-state index contributed by atoms with van der Waals surface area (Å²) in [5, 5.41) is 2.55. The smallest absolute Gasteiger partial charge is 0.286 e. The number of para-hydroxylation sites is 1. The molecule has 0 aliphatic heterocycles. The van der Waals surface area contributed by atoms with Gasteiger partial charge in [0.15, 0.2) is 0 Å². The van der Waals surface area contributed by atoms with Crippen LogP contribution in [-0.4, -0.2) is 64.1 Å². The van der Waals surface area contributed by atoms with Crippen molar-refractivity contribution in [2.24, 2.45) is 0 Å². The Morgan fingerprint density at radius 1 is 1.03 bits per heavy atom. The van der Waals surface area contributed by atoms with E-state index in [2.05, 4.69) is 5.32 Å². The molecule has 0 aromatic heterocycles. The van der Waals surface area contributed by atoms with Crippen molar-refractivity contribution in [3.8, 4) is 5.75 Å². The van der Waals surface area contributed by atoms with Gasteiger partial charge in [0.2, 0.25) is 10.0 Å². The molecule has 2 rings (SSSR count). The summed E-state index contributed by atoms with van der Waals surface area (Å²) in [6.07, 6.45) is 0. The lowest BCUT2D eigenvalue weighted by Gasteiger charge is -2.16. The zero-order valence-electron chi connectivity index (χ0n) is 16.8. The Morgan fingerprint density at radius 2 is 1.69 bits per heavy atom. The second-order valence-corrected chi connectivity index (χ2v) is 9.48. The third kappa shape index (κ3) is 5.28. The minimum Gasteiger partial charge on any atom is -0.495 e. The summed E-state index contributed by atoms with van der Waals surface area (Å²) in [6, 6.07) is 11.1. The van der Waals surface area contributed by atoms with Gasteiger partial charge in [0.05, 0.1) is 12.8 Å². The monoisotopic (exact) mass is 437 g/mol. The number of hydrogen-bond acceptors (Lipinski definition) is 6. The summed E-state index contributed by atoms with van der Waals surface area (Å²) in [4.78, 5) is 26.7. The molecule has 8 nitrogen and oxygen atoms in total. The zero-order valence-corrected chi connectivity index (χ0v) is 18.4. The van der Waals surface area contributed by atoms with E-state index < -0.39 is 15.9 Å². The van der Waals surface area contributed by atoms with Crippen LogP contribution in [0.2, 0.25) is 0 Å². The quantitative estimate of drug-likeness (QED) is 0.698. The van der Waals surface area contributed by atoms with Crippen molar-refractivity contribution >= 4 is 38.6 Å². The van der Waals surface area contributed by atoms with Crippen molar-refractivity contribution in [3.63, 3.8) is 0 Å². The molecule has 0 aliphatic carbocycles. The van der Waals surface area contributed by atoms with Gasteiger partial charge in [-0.05, 0) is 42.1 Å². The van der Waals surface area contributed by atoms with Crippen molar-refractivity contribution in [2.45, 2.75) is 9.79 Å². The van der Waals surface area contributed by atoms with Gasteiger partial charge in [0.25, 0.3) is 11.1 Å². The van der Waals surface area contributed by atoms with Crippen LogP contribution >= 0.6 is 11.8 Å². The number of hydrogen-bond donors (Lipinski definition) is 1. The zero-order chi connectivity index (χ0) is 21.8. The number of anilines is 1. The van der Waals surface area contributed by atoms with Crippen LogP contribution in [0, 0.1) is 0 Å². The number of ether oxygens (including phenoxy) is 1. The van der Waals surface area contributed by atoms with E-state index in [1.54, 1.807) is 38.4 Å². The van der Waals surface area contributed by atoms with Crippen LogP contribution < -0.4 is 10.1 Å². The Kier molecular flexibility index (Phi) is 7.28. The van der Waals surface area contributed by atoms with E-state index in [1.165, 1.54) is 44.3 Å². The number of carbonyl (C=O) groups is 2. The molecule has 2 amide bonds. The van der Waals surface area contributed by atoms with E-state index in [0.717, 1.165) is 16.1 Å². The molecule has 0 saturated carbocycles. The number of amides is 2.